The number of nitrogens with one attached hydrogen (secondary N) is 1. The van der Waals surface area contributed by atoms with Crippen LogP contribution in [0, 0.1) is 5.41 Å². The molecule has 0 bridgehead atoms. The van der Waals surface area contributed by atoms with Gasteiger partial charge in [0.05, 0.1) is 0 Å². The molecule has 5 heteroatoms. The molecule has 116 valence electrons. The molecule has 1 aliphatic rings. The molecule has 1 N–H and O–H groups in total. The van der Waals surface area contributed by atoms with E-state index in [1.807, 2.05) is 25.7 Å². The number of likely N-dealkylation sites (tertiary alicyclic amines) is 1. The van der Waals surface area contributed by atoms with Crippen molar-refractivity contribution in [1.29, 1.82) is 0 Å². The fourth-order valence-electron chi connectivity index (χ4n) is 2.70. The fraction of sp³-hybridized carbons (Fsp3) is 0.867. The minimum atomic E-state index is -0.503. The molecule has 0 aromatic carbocycles. The summed E-state index contributed by atoms with van der Waals surface area (Å²) in [5, 5.41) is 2.82. The van der Waals surface area contributed by atoms with Gasteiger partial charge in [-0.1, -0.05) is 27.7 Å². The predicted molar refractivity (Wildman–Crippen MR) is 78.3 cm³/mol. The van der Waals surface area contributed by atoms with E-state index >= 15 is 0 Å². The Morgan fingerprint density at radius 1 is 1.40 bits per heavy atom. The van der Waals surface area contributed by atoms with Gasteiger partial charge < -0.3 is 15.0 Å². The third-order valence-corrected chi connectivity index (χ3v) is 3.83. The number of amides is 2. The summed E-state index contributed by atoms with van der Waals surface area (Å²) in [5.41, 5.74) is -0.318. The van der Waals surface area contributed by atoms with E-state index in [4.69, 9.17) is 4.74 Å². The van der Waals surface area contributed by atoms with E-state index in [0.29, 0.717) is 6.04 Å². The normalized spacial score (nSPS) is 20.9. The minimum absolute atomic E-state index is 0.0168. The molecule has 20 heavy (non-hydrogen) atoms. The molecule has 2 atom stereocenters. The highest BCUT2D eigenvalue weighted by atomic mass is 16.5. The largest absolute Gasteiger partial charge is 0.375 e. The van der Waals surface area contributed by atoms with E-state index < -0.39 is 6.04 Å². The first-order valence-electron chi connectivity index (χ1n) is 7.40. The lowest BCUT2D eigenvalue weighted by molar-refractivity contribution is -0.141. The number of carbonyl (C=O) groups is 2. The molecular formula is C15H28N2O3. The molecule has 1 heterocycles. The zero-order valence-corrected chi connectivity index (χ0v) is 13.4. The summed E-state index contributed by atoms with van der Waals surface area (Å²) < 4.78 is 4.83. The van der Waals surface area contributed by atoms with E-state index in [-0.39, 0.29) is 23.8 Å². The fourth-order valence-corrected chi connectivity index (χ4v) is 2.70. The van der Waals surface area contributed by atoms with Crippen LogP contribution in [0.5, 0.6) is 0 Å². The van der Waals surface area contributed by atoms with E-state index in [2.05, 4.69) is 12.2 Å². The van der Waals surface area contributed by atoms with Crippen LogP contribution in [0.3, 0.4) is 0 Å². The van der Waals surface area contributed by atoms with E-state index in [1.54, 1.807) is 0 Å². The van der Waals surface area contributed by atoms with Gasteiger partial charge in [0.15, 0.2) is 0 Å². The topological polar surface area (TPSA) is 58.6 Å². The van der Waals surface area contributed by atoms with Crippen molar-refractivity contribution < 1.29 is 14.3 Å². The van der Waals surface area contributed by atoms with Crippen LogP contribution in [0.25, 0.3) is 0 Å². The van der Waals surface area contributed by atoms with Gasteiger partial charge in [-0.3, -0.25) is 9.59 Å². The van der Waals surface area contributed by atoms with Crippen molar-refractivity contribution in [2.45, 2.75) is 59.0 Å². The summed E-state index contributed by atoms with van der Waals surface area (Å²) in [6.07, 6.45) is 3.08. The minimum Gasteiger partial charge on any atom is -0.375 e. The standard InChI is InChI=1S/C15H28N2O3/c1-6-11-8-7-9-17(11)14(19)13(15(2,3)4)16-12(18)10-20-5/h11,13H,6-10H2,1-5H3,(H,16,18). The van der Waals surface area contributed by atoms with Gasteiger partial charge >= 0.3 is 0 Å². The van der Waals surface area contributed by atoms with Gasteiger partial charge in [0.1, 0.15) is 12.6 Å². The number of methoxy groups -OCH3 is 1. The van der Waals surface area contributed by atoms with E-state index in [9.17, 15) is 9.59 Å². The van der Waals surface area contributed by atoms with Gasteiger partial charge in [-0.15, -0.1) is 0 Å². The monoisotopic (exact) mass is 284 g/mol. The van der Waals surface area contributed by atoms with Gasteiger partial charge in [0.2, 0.25) is 11.8 Å². The molecule has 1 fully saturated rings. The number of hydrogen-bond acceptors (Lipinski definition) is 3. The van der Waals surface area contributed by atoms with Crippen molar-refractivity contribution in [3.8, 4) is 0 Å². The average molecular weight is 284 g/mol. The number of rotatable bonds is 5. The summed E-state index contributed by atoms with van der Waals surface area (Å²) in [7, 11) is 1.47. The van der Waals surface area contributed by atoms with Crippen LogP contribution in [0.2, 0.25) is 0 Å². The highest BCUT2D eigenvalue weighted by Crippen LogP contribution is 2.26. The highest BCUT2D eigenvalue weighted by Gasteiger charge is 2.38. The third kappa shape index (κ3) is 4.20. The van der Waals surface area contributed by atoms with E-state index in [1.165, 1.54) is 7.11 Å². The second-order valence-electron chi connectivity index (χ2n) is 6.54. The van der Waals surface area contributed by atoms with Crippen LogP contribution in [0.15, 0.2) is 0 Å². The first-order valence-corrected chi connectivity index (χ1v) is 7.40. The maximum absolute atomic E-state index is 12.8. The summed E-state index contributed by atoms with van der Waals surface area (Å²) in [6, 6.07) is -0.191. The molecule has 1 rings (SSSR count). The van der Waals surface area contributed by atoms with Crippen molar-refractivity contribution >= 4 is 11.8 Å². The molecular weight excluding hydrogens is 256 g/mol. The smallest absolute Gasteiger partial charge is 0.246 e. The summed E-state index contributed by atoms with van der Waals surface area (Å²) in [4.78, 5) is 26.5. The molecule has 0 aliphatic carbocycles. The molecule has 2 amide bonds. The number of nitrogens with zero attached hydrogens (tertiary/aromatic N) is 1. The predicted octanol–water partition coefficient (Wildman–Crippen LogP) is 1.56. The third-order valence-electron chi connectivity index (χ3n) is 3.83. The second-order valence-corrected chi connectivity index (χ2v) is 6.54. The Morgan fingerprint density at radius 3 is 2.55 bits per heavy atom. The zero-order chi connectivity index (χ0) is 15.3. The lowest BCUT2D eigenvalue weighted by Crippen LogP contribution is -2.56. The van der Waals surface area contributed by atoms with Crippen molar-refractivity contribution in [2.75, 3.05) is 20.3 Å². The molecule has 0 saturated carbocycles. The molecule has 0 radical (unpaired) electrons. The lowest BCUT2D eigenvalue weighted by atomic mass is 9.85. The zero-order valence-electron chi connectivity index (χ0n) is 13.4. The summed E-state index contributed by atoms with van der Waals surface area (Å²) >= 11 is 0. The summed E-state index contributed by atoms with van der Waals surface area (Å²) in [5.74, 6) is -0.209. The Morgan fingerprint density at radius 2 is 2.05 bits per heavy atom. The van der Waals surface area contributed by atoms with Crippen molar-refractivity contribution in [1.82, 2.24) is 10.2 Å². The average Bonchev–Trinajstić information content (AvgIpc) is 2.82. The Kier molecular flexibility index (Phi) is 5.99. The van der Waals surface area contributed by atoms with E-state index in [0.717, 1.165) is 25.8 Å². The Balaban J connectivity index is 2.82. The molecule has 1 aliphatic heterocycles. The number of ether oxygens (including phenoxy) is 1. The second kappa shape index (κ2) is 7.07. The van der Waals surface area contributed by atoms with Crippen LogP contribution in [-0.4, -0.2) is 49.1 Å². The van der Waals surface area contributed by atoms with Gasteiger partial charge in [-0.2, -0.15) is 0 Å². The van der Waals surface area contributed by atoms with Gasteiger partial charge in [-0.05, 0) is 24.7 Å². The summed E-state index contributed by atoms with van der Waals surface area (Å²) in [6.45, 7) is 8.80. The lowest BCUT2D eigenvalue weighted by Gasteiger charge is -2.35. The Bertz CT molecular complexity index is 350. The van der Waals surface area contributed by atoms with Crippen LogP contribution >= 0.6 is 0 Å². The molecule has 5 nitrogen and oxygen atoms in total. The van der Waals surface area contributed by atoms with Crippen molar-refractivity contribution in [3.63, 3.8) is 0 Å². The van der Waals surface area contributed by atoms with Gasteiger partial charge in [0.25, 0.3) is 0 Å². The number of carbonyl (C=O) groups excluding carboxylic acids is 2. The van der Waals surface area contributed by atoms with Crippen LogP contribution < -0.4 is 5.32 Å². The Hall–Kier alpha value is -1.10. The maximum Gasteiger partial charge on any atom is 0.246 e. The van der Waals surface area contributed by atoms with Crippen LogP contribution in [0.1, 0.15) is 47.0 Å². The highest BCUT2D eigenvalue weighted by molar-refractivity contribution is 5.89. The van der Waals surface area contributed by atoms with Crippen LogP contribution in [0.4, 0.5) is 0 Å². The molecule has 0 spiro atoms. The SMILES string of the molecule is CCC1CCCN1C(=O)C(NC(=O)COC)C(C)(C)C. The first-order chi connectivity index (χ1) is 9.31. The maximum atomic E-state index is 12.8. The quantitative estimate of drug-likeness (QED) is 0.833. The molecule has 2 unspecified atom stereocenters. The first kappa shape index (κ1) is 17.0. The van der Waals surface area contributed by atoms with Gasteiger partial charge in [0, 0.05) is 19.7 Å². The molecule has 0 aromatic heterocycles. The Labute approximate surface area is 122 Å². The molecule has 0 aromatic rings. The number of hydrogen-bond donors (Lipinski definition) is 1. The molecule has 1 saturated heterocycles. The van der Waals surface area contributed by atoms with Crippen LogP contribution in [-0.2, 0) is 14.3 Å². The van der Waals surface area contributed by atoms with Gasteiger partial charge in [-0.25, -0.2) is 0 Å². The van der Waals surface area contributed by atoms with Crippen molar-refractivity contribution in [3.05, 3.63) is 0 Å². The van der Waals surface area contributed by atoms with Crippen molar-refractivity contribution in [2.24, 2.45) is 5.41 Å².